The number of likely N-dealkylation sites (tertiary alicyclic amines) is 1. The second kappa shape index (κ2) is 10.1. The molecule has 1 unspecified atom stereocenters. The Hall–Kier alpha value is -3.32. The van der Waals surface area contributed by atoms with Crippen molar-refractivity contribution in [2.75, 3.05) is 20.2 Å². The zero-order chi connectivity index (χ0) is 23.4. The number of nitrogens with two attached hydrogens (primary N) is 1. The van der Waals surface area contributed by atoms with E-state index < -0.39 is 5.91 Å². The maximum atomic E-state index is 12.1. The van der Waals surface area contributed by atoms with Crippen LogP contribution in [0.15, 0.2) is 48.5 Å². The lowest BCUT2D eigenvalue weighted by molar-refractivity contribution is 0.0996. The Bertz CT molecular complexity index is 1090. The minimum Gasteiger partial charge on any atom is -0.497 e. The lowest BCUT2D eigenvalue weighted by Gasteiger charge is -2.32. The van der Waals surface area contributed by atoms with Crippen molar-refractivity contribution in [3.63, 3.8) is 0 Å². The second-order valence-corrected chi connectivity index (χ2v) is 8.83. The molecular weight excluding hydrogens is 416 g/mol. The van der Waals surface area contributed by atoms with Crippen molar-refractivity contribution < 1.29 is 14.3 Å². The van der Waals surface area contributed by atoms with Gasteiger partial charge in [0, 0.05) is 24.6 Å². The van der Waals surface area contributed by atoms with Gasteiger partial charge in [-0.15, -0.1) is 0 Å². The van der Waals surface area contributed by atoms with Gasteiger partial charge in [-0.05, 0) is 75.2 Å². The fourth-order valence-corrected chi connectivity index (χ4v) is 4.39. The molecular formula is C26H32N4O3. The Labute approximate surface area is 194 Å². The topological polar surface area (TPSA) is 93.5 Å². The van der Waals surface area contributed by atoms with Gasteiger partial charge < -0.3 is 20.2 Å². The fraction of sp³-hybridized carbons (Fsp3) is 0.385. The molecule has 3 aromatic rings. The van der Waals surface area contributed by atoms with E-state index in [-0.39, 0.29) is 12.0 Å². The second-order valence-electron chi connectivity index (χ2n) is 8.83. The van der Waals surface area contributed by atoms with Gasteiger partial charge in [0.1, 0.15) is 28.7 Å². The smallest absolute Gasteiger partial charge is 0.267 e. The van der Waals surface area contributed by atoms with Gasteiger partial charge in [0.15, 0.2) is 0 Å². The van der Waals surface area contributed by atoms with E-state index in [1.54, 1.807) is 7.11 Å². The summed E-state index contributed by atoms with van der Waals surface area (Å²) in [4.78, 5) is 22.6. The van der Waals surface area contributed by atoms with E-state index in [4.69, 9.17) is 20.2 Å². The van der Waals surface area contributed by atoms with Gasteiger partial charge in [-0.2, -0.15) is 0 Å². The number of carbonyl (C=O) groups excluding carboxylic acids is 1. The summed E-state index contributed by atoms with van der Waals surface area (Å²) < 4.78 is 11.1. The summed E-state index contributed by atoms with van der Waals surface area (Å²) in [7, 11) is 1.62. The predicted molar refractivity (Wildman–Crippen MR) is 129 cm³/mol. The largest absolute Gasteiger partial charge is 0.497 e. The number of aromatic nitrogens is 2. The highest BCUT2D eigenvalue weighted by molar-refractivity contribution is 5.97. The minimum atomic E-state index is -0.505. The number of benzene rings is 2. The number of hydrogen-bond donors (Lipinski definition) is 2. The quantitative estimate of drug-likeness (QED) is 0.534. The standard InChI is InChI=1S/C26H32N4O3/c1-17(2)33-22-8-4-6-18(14-22)15-30-13-5-7-20(16-30)26-28-23(24(29-26)25(27)31)19-9-11-21(32-3)12-10-19/h4,6,8-12,14,17,20H,5,7,13,15-16H2,1-3H3,(H2,27,31)(H,28,29). The highest BCUT2D eigenvalue weighted by Crippen LogP contribution is 2.31. The summed E-state index contributed by atoms with van der Waals surface area (Å²) in [6.45, 7) is 6.81. The molecule has 2 heterocycles. The molecule has 1 aromatic heterocycles. The predicted octanol–water partition coefficient (Wildman–Crippen LogP) is 4.35. The van der Waals surface area contributed by atoms with Crippen LogP contribution in [0.3, 0.4) is 0 Å². The number of ether oxygens (including phenoxy) is 2. The monoisotopic (exact) mass is 448 g/mol. The highest BCUT2D eigenvalue weighted by atomic mass is 16.5. The van der Waals surface area contributed by atoms with Crippen LogP contribution in [0.5, 0.6) is 11.5 Å². The van der Waals surface area contributed by atoms with E-state index in [1.807, 2.05) is 50.2 Å². The molecule has 0 radical (unpaired) electrons. The van der Waals surface area contributed by atoms with Crippen LogP contribution in [0.25, 0.3) is 11.3 Å². The molecule has 0 spiro atoms. The lowest BCUT2D eigenvalue weighted by Crippen LogP contribution is -2.34. The van der Waals surface area contributed by atoms with Gasteiger partial charge >= 0.3 is 0 Å². The Morgan fingerprint density at radius 3 is 2.70 bits per heavy atom. The lowest BCUT2D eigenvalue weighted by atomic mass is 9.97. The Morgan fingerprint density at radius 1 is 1.21 bits per heavy atom. The molecule has 0 bridgehead atoms. The normalized spacial score (nSPS) is 16.7. The third-order valence-electron chi connectivity index (χ3n) is 5.90. The molecule has 7 nitrogen and oxygen atoms in total. The van der Waals surface area contributed by atoms with Crippen molar-refractivity contribution >= 4 is 5.91 Å². The van der Waals surface area contributed by atoms with E-state index in [1.165, 1.54) is 5.56 Å². The third kappa shape index (κ3) is 5.54. The maximum Gasteiger partial charge on any atom is 0.267 e. The van der Waals surface area contributed by atoms with Crippen molar-refractivity contribution in [3.05, 3.63) is 65.6 Å². The van der Waals surface area contributed by atoms with Crippen LogP contribution in [0.4, 0.5) is 0 Å². The number of rotatable bonds is 8. The molecule has 1 aliphatic heterocycles. The number of carbonyl (C=O) groups is 1. The zero-order valence-electron chi connectivity index (χ0n) is 19.5. The number of hydrogen-bond acceptors (Lipinski definition) is 5. The Balaban J connectivity index is 1.51. The van der Waals surface area contributed by atoms with Crippen molar-refractivity contribution in [2.45, 2.75) is 45.3 Å². The van der Waals surface area contributed by atoms with Gasteiger partial charge in [0.2, 0.25) is 0 Å². The van der Waals surface area contributed by atoms with Gasteiger partial charge in [0.05, 0.1) is 13.2 Å². The fourth-order valence-electron chi connectivity index (χ4n) is 4.39. The molecule has 1 amide bonds. The van der Waals surface area contributed by atoms with Crippen molar-refractivity contribution in [3.8, 4) is 22.8 Å². The molecule has 0 saturated carbocycles. The van der Waals surface area contributed by atoms with E-state index in [0.717, 1.165) is 55.4 Å². The number of aromatic amines is 1. The summed E-state index contributed by atoms with van der Waals surface area (Å²) in [5.74, 6) is 2.17. The van der Waals surface area contributed by atoms with E-state index in [0.29, 0.717) is 11.4 Å². The van der Waals surface area contributed by atoms with E-state index in [2.05, 4.69) is 22.0 Å². The molecule has 1 aliphatic rings. The number of nitrogens with zero attached hydrogens (tertiary/aromatic N) is 2. The minimum absolute atomic E-state index is 0.151. The molecule has 3 N–H and O–H groups in total. The highest BCUT2D eigenvalue weighted by Gasteiger charge is 2.26. The van der Waals surface area contributed by atoms with Crippen LogP contribution >= 0.6 is 0 Å². The van der Waals surface area contributed by atoms with Gasteiger partial charge in [-0.25, -0.2) is 4.98 Å². The van der Waals surface area contributed by atoms with Crippen LogP contribution < -0.4 is 15.2 Å². The zero-order valence-corrected chi connectivity index (χ0v) is 19.5. The van der Waals surface area contributed by atoms with Gasteiger partial charge in [-0.3, -0.25) is 9.69 Å². The molecule has 33 heavy (non-hydrogen) atoms. The Morgan fingerprint density at radius 2 is 2.00 bits per heavy atom. The summed E-state index contributed by atoms with van der Waals surface area (Å²) in [6, 6.07) is 15.8. The first kappa shape index (κ1) is 22.9. The average Bonchev–Trinajstić information content (AvgIpc) is 3.25. The molecule has 174 valence electrons. The summed E-state index contributed by atoms with van der Waals surface area (Å²) in [5.41, 5.74) is 8.68. The molecule has 1 saturated heterocycles. The number of primary amides is 1. The van der Waals surface area contributed by atoms with Crippen molar-refractivity contribution in [1.82, 2.24) is 14.9 Å². The van der Waals surface area contributed by atoms with Gasteiger partial charge in [0.25, 0.3) is 5.91 Å². The third-order valence-corrected chi connectivity index (χ3v) is 5.90. The summed E-state index contributed by atoms with van der Waals surface area (Å²) in [5, 5.41) is 0. The molecule has 4 rings (SSSR count). The maximum absolute atomic E-state index is 12.1. The van der Waals surface area contributed by atoms with Crippen molar-refractivity contribution in [1.29, 1.82) is 0 Å². The Kier molecular flexibility index (Phi) is 6.99. The number of amides is 1. The number of methoxy groups -OCH3 is 1. The molecule has 0 aliphatic carbocycles. The number of nitrogens with one attached hydrogen (secondary N) is 1. The first-order chi connectivity index (χ1) is 15.9. The molecule has 7 heteroatoms. The number of H-pyrrole nitrogens is 1. The van der Waals surface area contributed by atoms with Crippen LogP contribution in [0, 0.1) is 0 Å². The van der Waals surface area contributed by atoms with Gasteiger partial charge in [-0.1, -0.05) is 12.1 Å². The number of imidazole rings is 1. The molecule has 1 fully saturated rings. The first-order valence-corrected chi connectivity index (χ1v) is 11.4. The van der Waals surface area contributed by atoms with Crippen LogP contribution in [0.1, 0.15) is 54.5 Å². The van der Waals surface area contributed by atoms with E-state index in [9.17, 15) is 4.79 Å². The van der Waals surface area contributed by atoms with E-state index >= 15 is 0 Å². The van der Waals surface area contributed by atoms with Crippen LogP contribution in [-0.2, 0) is 6.54 Å². The first-order valence-electron chi connectivity index (χ1n) is 11.4. The molecule has 2 aromatic carbocycles. The number of piperidine rings is 1. The SMILES string of the molecule is COc1ccc(-c2nc(C3CCCN(Cc4cccc(OC(C)C)c4)C3)[nH]c2C(N)=O)cc1. The summed E-state index contributed by atoms with van der Waals surface area (Å²) >= 11 is 0. The van der Waals surface area contributed by atoms with Crippen LogP contribution in [-0.4, -0.2) is 47.1 Å². The van der Waals surface area contributed by atoms with Crippen molar-refractivity contribution in [2.24, 2.45) is 5.73 Å². The average molecular weight is 449 g/mol. The molecule has 1 atom stereocenters. The van der Waals surface area contributed by atoms with Crippen LogP contribution in [0.2, 0.25) is 0 Å². The summed E-state index contributed by atoms with van der Waals surface area (Å²) in [6.07, 6.45) is 2.23.